The van der Waals surface area contributed by atoms with Crippen LogP contribution in [0.1, 0.15) is 130 Å². The Balaban J connectivity index is 1.88. The van der Waals surface area contributed by atoms with E-state index < -0.39 is 89.8 Å². The molecular formula is C45H73N3O16P2. The highest BCUT2D eigenvalue weighted by atomic mass is 31.3. The number of hydrogen-bond donors (Lipinski definition) is 6. The average Bonchev–Trinajstić information content (AvgIpc) is 3.54. The minimum atomic E-state index is -5.46. The van der Waals surface area contributed by atoms with Gasteiger partial charge >= 0.3 is 33.3 Å². The van der Waals surface area contributed by atoms with Crippen molar-refractivity contribution in [2.45, 2.75) is 160 Å². The average molecular weight is 974 g/mol. The number of carbonyl (C=O) groups excluding carboxylic acids is 2. The van der Waals surface area contributed by atoms with Crippen LogP contribution in [0.4, 0.5) is 5.82 Å². The summed E-state index contributed by atoms with van der Waals surface area (Å²) in [5, 5.41) is 31.2. The quantitative estimate of drug-likeness (QED) is 0.0129. The minimum absolute atomic E-state index is 0.00468. The summed E-state index contributed by atoms with van der Waals surface area (Å²) in [6.07, 6.45) is 23.9. The molecule has 1 saturated heterocycles. The van der Waals surface area contributed by atoms with Crippen LogP contribution < -0.4 is 11.4 Å². The van der Waals surface area contributed by atoms with Crippen LogP contribution in [-0.2, 0) is 46.3 Å². The Hall–Kier alpha value is -3.58. The first-order valence-corrected chi connectivity index (χ1v) is 25.8. The fraction of sp³-hybridized carbons (Fsp3) is 0.644. The van der Waals surface area contributed by atoms with Gasteiger partial charge in [0.25, 0.3) is 0 Å². The van der Waals surface area contributed by atoms with E-state index in [9.17, 15) is 48.6 Å². The van der Waals surface area contributed by atoms with Crippen molar-refractivity contribution in [3.63, 3.8) is 0 Å². The van der Waals surface area contributed by atoms with Crippen molar-refractivity contribution in [2.24, 2.45) is 5.92 Å². The normalized spacial score (nSPS) is 21.2. The minimum Gasteiger partial charge on any atom is -0.462 e. The molecule has 374 valence electrons. The zero-order chi connectivity index (χ0) is 48.8. The van der Waals surface area contributed by atoms with E-state index >= 15 is 0 Å². The van der Waals surface area contributed by atoms with Gasteiger partial charge < -0.3 is 45.1 Å². The van der Waals surface area contributed by atoms with Gasteiger partial charge in [-0.1, -0.05) is 126 Å². The largest absolute Gasteiger partial charge is 0.481 e. The molecule has 0 radical (unpaired) electrons. The van der Waals surface area contributed by atoms with Crippen LogP contribution in [0.15, 0.2) is 77.8 Å². The van der Waals surface area contributed by atoms with Gasteiger partial charge in [0.05, 0.1) is 19.3 Å². The zero-order valence-electron chi connectivity index (χ0n) is 38.5. The van der Waals surface area contributed by atoms with Crippen molar-refractivity contribution in [3.8, 4) is 0 Å². The second-order valence-corrected chi connectivity index (χ2v) is 19.0. The van der Waals surface area contributed by atoms with Crippen molar-refractivity contribution in [2.75, 3.05) is 25.6 Å². The van der Waals surface area contributed by atoms with Crippen molar-refractivity contribution < 1.29 is 71.4 Å². The van der Waals surface area contributed by atoms with Gasteiger partial charge in [0.2, 0.25) is 0 Å². The molecule has 1 aliphatic rings. The second kappa shape index (κ2) is 33.0. The number of esters is 2. The number of nitrogens with zero attached hydrogens (tertiary/aromatic N) is 2. The lowest BCUT2D eigenvalue weighted by Gasteiger charge is -2.21. The van der Waals surface area contributed by atoms with Gasteiger partial charge in [-0.05, 0) is 56.9 Å². The maximum Gasteiger partial charge on any atom is 0.481 e. The molecular weight excluding hydrogens is 900 g/mol. The van der Waals surface area contributed by atoms with E-state index in [2.05, 4.69) is 60.4 Å². The van der Waals surface area contributed by atoms with Crippen LogP contribution >= 0.6 is 15.6 Å². The number of nitrogens with two attached hydrogens (primary N) is 1. The molecule has 2 heterocycles. The van der Waals surface area contributed by atoms with Crippen LogP contribution in [0.3, 0.4) is 0 Å². The first-order valence-electron chi connectivity index (χ1n) is 22.8. The molecule has 9 atom stereocenters. The zero-order valence-corrected chi connectivity index (χ0v) is 40.3. The number of anilines is 1. The lowest BCUT2D eigenvalue weighted by Crippen LogP contribution is -2.36. The number of hydrogen-bond acceptors (Lipinski definition) is 16. The third-order valence-corrected chi connectivity index (χ3v) is 12.9. The molecule has 0 bridgehead atoms. The topological polar surface area (TPSA) is 286 Å². The molecule has 0 saturated carbocycles. The molecule has 1 aliphatic heterocycles. The van der Waals surface area contributed by atoms with Gasteiger partial charge in [-0.2, -0.15) is 9.29 Å². The van der Waals surface area contributed by atoms with Crippen LogP contribution in [0.5, 0.6) is 0 Å². The molecule has 0 aliphatic carbocycles. The van der Waals surface area contributed by atoms with Crippen LogP contribution in [0.2, 0.25) is 0 Å². The molecule has 0 spiro atoms. The highest BCUT2D eigenvalue weighted by molar-refractivity contribution is 7.61. The number of aliphatic hydroxyl groups excluding tert-OH is 3. The first-order chi connectivity index (χ1) is 31.5. The van der Waals surface area contributed by atoms with E-state index in [1.165, 1.54) is 12.5 Å². The summed E-state index contributed by atoms with van der Waals surface area (Å²) in [6, 6.07) is 1.23. The van der Waals surface area contributed by atoms with Gasteiger partial charge in [0, 0.05) is 19.0 Å². The number of unbranched alkanes of at least 4 members (excludes halogenated alkanes) is 5. The Morgan fingerprint density at radius 3 is 2.12 bits per heavy atom. The van der Waals surface area contributed by atoms with E-state index in [4.69, 9.17) is 29.0 Å². The molecule has 19 nitrogen and oxygen atoms in total. The van der Waals surface area contributed by atoms with Crippen LogP contribution in [-0.4, -0.2) is 96.9 Å². The number of nitrogen functional groups attached to an aromatic ring is 1. The maximum atomic E-state index is 12.8. The predicted molar refractivity (Wildman–Crippen MR) is 248 cm³/mol. The summed E-state index contributed by atoms with van der Waals surface area (Å²) < 4.78 is 56.4. The van der Waals surface area contributed by atoms with Crippen molar-refractivity contribution in [1.29, 1.82) is 0 Å². The van der Waals surface area contributed by atoms with Crippen molar-refractivity contribution in [3.05, 3.63) is 83.5 Å². The van der Waals surface area contributed by atoms with E-state index in [1.54, 1.807) is 12.2 Å². The second-order valence-electron chi connectivity index (χ2n) is 16.0. The fourth-order valence-electron chi connectivity index (χ4n) is 6.32. The highest BCUT2D eigenvalue weighted by Crippen LogP contribution is 2.60. The van der Waals surface area contributed by atoms with E-state index in [0.717, 1.165) is 75.0 Å². The summed E-state index contributed by atoms with van der Waals surface area (Å²) in [7, 11) is -10.9. The van der Waals surface area contributed by atoms with E-state index in [-0.39, 0.29) is 31.5 Å². The standard InChI is InChI=1S/C45H73N3O16P2/c1-4-6-7-8-9-10-11-12-13-14-15-19-22-26-36(49)27-24-29-40(50)59-32-37(62-41(51)28-23-20-17-16-18-21-25-35(3)5-2)33-60-65(55,56)64-66(57,58)61-34-38-42(52)43(53)44(63-38)48-31-30-39(46)47-45(48)54/h6-7,9-10,12-13,15,19,22,26,30-31,35-38,42-44,49,52-53H,4-5,8,11,14,16-18,20-21,23-25,27-29,32-34H2,1-3H3,(H,55,56)(H,57,58)(H2,46,47,54)/b7-6-,10-9-,13-12-,19-15-,26-22+/t35?,36?,37-,38-,42-,43-,44-/m1/s1. The molecule has 0 aromatic carbocycles. The van der Waals surface area contributed by atoms with Crippen LogP contribution in [0, 0.1) is 5.92 Å². The number of aliphatic hydroxyl groups is 3. The number of ether oxygens (including phenoxy) is 3. The summed E-state index contributed by atoms with van der Waals surface area (Å²) >= 11 is 0. The van der Waals surface area contributed by atoms with Crippen molar-refractivity contribution >= 4 is 33.4 Å². The number of allylic oxidation sites excluding steroid dienone is 9. The van der Waals surface area contributed by atoms with Crippen LogP contribution in [0.25, 0.3) is 0 Å². The summed E-state index contributed by atoms with van der Waals surface area (Å²) in [4.78, 5) is 61.6. The SMILES string of the molecule is CC/C=C\C/C=C\C/C=C\C/C=C\C=C\C(O)CCCC(=O)OC[C@H](COP(=O)(O)OP(=O)(O)OC[C@H]1O[C@@H](n2ccc(N)nc2=O)[C@H](O)[C@@H]1O)OC(=O)CCCCCCCCC(C)CC. The number of aromatic nitrogens is 2. The number of rotatable bonds is 35. The molecule has 66 heavy (non-hydrogen) atoms. The lowest BCUT2D eigenvalue weighted by atomic mass is 10.00. The number of phosphoric ester groups is 2. The van der Waals surface area contributed by atoms with Gasteiger partial charge in [-0.15, -0.1) is 0 Å². The van der Waals surface area contributed by atoms with E-state index in [0.29, 0.717) is 12.3 Å². The third kappa shape index (κ3) is 26.1. The fourth-order valence-corrected chi connectivity index (χ4v) is 8.43. The van der Waals surface area contributed by atoms with Gasteiger partial charge in [0.15, 0.2) is 12.3 Å². The number of phosphoric acid groups is 2. The number of carbonyl (C=O) groups is 2. The third-order valence-electron chi connectivity index (χ3n) is 10.3. The first kappa shape index (κ1) is 58.5. The molecule has 21 heteroatoms. The van der Waals surface area contributed by atoms with Gasteiger partial charge in [-0.3, -0.25) is 23.2 Å². The molecule has 1 aromatic heterocycles. The summed E-state index contributed by atoms with van der Waals surface area (Å²) in [6.45, 7) is 4.02. The monoisotopic (exact) mass is 973 g/mol. The Morgan fingerprint density at radius 2 is 1.45 bits per heavy atom. The lowest BCUT2D eigenvalue weighted by molar-refractivity contribution is -0.161. The van der Waals surface area contributed by atoms with E-state index in [1.807, 2.05) is 18.2 Å². The Bertz CT molecular complexity index is 1870. The highest BCUT2D eigenvalue weighted by Gasteiger charge is 2.46. The Morgan fingerprint density at radius 1 is 0.833 bits per heavy atom. The molecule has 1 fully saturated rings. The van der Waals surface area contributed by atoms with Crippen molar-refractivity contribution in [1.82, 2.24) is 9.55 Å². The Labute approximate surface area is 388 Å². The summed E-state index contributed by atoms with van der Waals surface area (Å²) in [5.74, 6) is -0.828. The van der Waals surface area contributed by atoms with Gasteiger partial charge in [0.1, 0.15) is 30.7 Å². The molecule has 4 unspecified atom stereocenters. The molecule has 7 N–H and O–H groups in total. The molecule has 1 aromatic rings. The molecule has 0 amide bonds. The Kier molecular flexibility index (Phi) is 29.3. The smallest absolute Gasteiger partial charge is 0.462 e. The summed E-state index contributed by atoms with van der Waals surface area (Å²) in [5.41, 5.74) is 4.56. The van der Waals surface area contributed by atoms with Gasteiger partial charge in [-0.25, -0.2) is 13.9 Å². The molecule has 2 rings (SSSR count). The predicted octanol–water partition coefficient (Wildman–Crippen LogP) is 7.21. The maximum absolute atomic E-state index is 12.8.